The lowest BCUT2D eigenvalue weighted by Gasteiger charge is -2.21. The van der Waals surface area contributed by atoms with Crippen LogP contribution in [0.2, 0.25) is 0 Å². The number of hydrogen-bond acceptors (Lipinski definition) is 4. The summed E-state index contributed by atoms with van der Waals surface area (Å²) in [6.07, 6.45) is 3.19. The van der Waals surface area contributed by atoms with Gasteiger partial charge in [0.2, 0.25) is 5.43 Å². The number of carbonyl (C=O) groups excluding carboxylic acids is 1. The predicted octanol–water partition coefficient (Wildman–Crippen LogP) is 4.38. The monoisotopic (exact) mass is 519 g/mol. The fraction of sp³-hybridized carbons (Fsp3) is 0.304. The van der Waals surface area contributed by atoms with E-state index in [4.69, 9.17) is 0 Å². The van der Waals surface area contributed by atoms with E-state index < -0.39 is 15.5 Å². The van der Waals surface area contributed by atoms with Crippen LogP contribution in [0.4, 0.5) is 5.69 Å². The van der Waals surface area contributed by atoms with Gasteiger partial charge in [-0.15, -0.1) is 0 Å². The third-order valence-corrected chi connectivity index (χ3v) is 7.69. The van der Waals surface area contributed by atoms with Crippen molar-refractivity contribution >= 4 is 48.5 Å². The number of hydrogen-bond donors (Lipinski definition) is 1. The average molecular weight is 520 g/mol. The maximum absolute atomic E-state index is 13.2. The molecule has 0 radical (unpaired) electrons. The molecule has 1 aromatic heterocycles. The second-order valence-corrected chi connectivity index (χ2v) is 10.3. The van der Waals surface area contributed by atoms with Crippen LogP contribution in [0.25, 0.3) is 10.9 Å². The number of sulfonamides is 1. The van der Waals surface area contributed by atoms with Gasteiger partial charge in [-0.25, -0.2) is 8.42 Å². The fourth-order valence-electron chi connectivity index (χ4n) is 3.39. The Balaban J connectivity index is 2.04. The first-order valence-electron chi connectivity index (χ1n) is 10.4. The summed E-state index contributed by atoms with van der Waals surface area (Å²) in [5, 5.41) is 0.160. The number of amides is 1. The van der Waals surface area contributed by atoms with Gasteiger partial charge >= 0.3 is 0 Å². The lowest BCUT2D eigenvalue weighted by atomic mass is 10.1. The van der Waals surface area contributed by atoms with Crippen molar-refractivity contribution in [3.8, 4) is 0 Å². The molecule has 0 aliphatic rings. The minimum absolute atomic E-state index is 0.00580. The van der Waals surface area contributed by atoms with Crippen LogP contribution in [0.15, 0.2) is 62.8 Å². The number of nitrogens with zero attached hydrogens (tertiary/aromatic N) is 2. The molecular weight excluding hydrogens is 494 g/mol. The van der Waals surface area contributed by atoms with Crippen molar-refractivity contribution in [3.63, 3.8) is 0 Å². The zero-order valence-corrected chi connectivity index (χ0v) is 20.7. The Morgan fingerprint density at radius 3 is 2.41 bits per heavy atom. The largest absolute Gasteiger partial charge is 0.360 e. The minimum Gasteiger partial charge on any atom is -0.360 e. The highest BCUT2D eigenvalue weighted by atomic mass is 79.9. The SMILES string of the molecule is CCCCN(CC)C(=O)c1c[nH]c2ccc(S(=O)(=O)N(C)c3ccc(Br)cc3)cc2c1=O. The molecule has 1 heterocycles. The van der Waals surface area contributed by atoms with E-state index in [0.717, 1.165) is 21.6 Å². The molecule has 32 heavy (non-hydrogen) atoms. The van der Waals surface area contributed by atoms with Crippen molar-refractivity contribution in [1.29, 1.82) is 0 Å². The molecule has 170 valence electrons. The number of carbonyl (C=O) groups is 1. The first kappa shape index (κ1) is 24.0. The zero-order valence-electron chi connectivity index (χ0n) is 18.3. The van der Waals surface area contributed by atoms with Gasteiger partial charge in [-0.1, -0.05) is 29.3 Å². The van der Waals surface area contributed by atoms with E-state index in [1.165, 1.54) is 25.4 Å². The number of rotatable bonds is 8. The summed E-state index contributed by atoms with van der Waals surface area (Å²) >= 11 is 3.34. The average Bonchev–Trinajstić information content (AvgIpc) is 2.79. The number of aromatic amines is 1. The van der Waals surface area contributed by atoms with Gasteiger partial charge in [-0.2, -0.15) is 0 Å². The Labute approximate surface area is 196 Å². The summed E-state index contributed by atoms with van der Waals surface area (Å²) in [6, 6.07) is 11.2. The van der Waals surface area contributed by atoms with Gasteiger partial charge in [0.05, 0.1) is 10.6 Å². The van der Waals surface area contributed by atoms with Crippen molar-refractivity contribution in [2.24, 2.45) is 0 Å². The van der Waals surface area contributed by atoms with Crippen LogP contribution in [0.1, 0.15) is 37.0 Å². The van der Waals surface area contributed by atoms with Gasteiger partial charge in [0, 0.05) is 41.7 Å². The molecule has 0 saturated heterocycles. The number of halogens is 1. The van der Waals surface area contributed by atoms with E-state index in [0.29, 0.717) is 24.3 Å². The van der Waals surface area contributed by atoms with Crippen LogP contribution in [0.5, 0.6) is 0 Å². The van der Waals surface area contributed by atoms with E-state index in [1.54, 1.807) is 35.2 Å². The Bertz CT molecular complexity index is 1290. The van der Waals surface area contributed by atoms with Crippen molar-refractivity contribution in [1.82, 2.24) is 9.88 Å². The second-order valence-electron chi connectivity index (χ2n) is 7.43. The molecule has 3 rings (SSSR count). The number of H-pyrrole nitrogens is 1. The summed E-state index contributed by atoms with van der Waals surface area (Å²) in [5.74, 6) is -0.357. The molecule has 0 spiro atoms. The first-order chi connectivity index (χ1) is 15.2. The van der Waals surface area contributed by atoms with E-state index in [1.807, 2.05) is 13.8 Å². The van der Waals surface area contributed by atoms with Gasteiger partial charge < -0.3 is 9.88 Å². The Morgan fingerprint density at radius 1 is 1.09 bits per heavy atom. The molecule has 0 fully saturated rings. The van der Waals surface area contributed by atoms with E-state index in [9.17, 15) is 18.0 Å². The molecule has 2 aromatic carbocycles. The minimum atomic E-state index is -3.91. The Kier molecular flexibility index (Phi) is 7.40. The van der Waals surface area contributed by atoms with E-state index in [2.05, 4.69) is 20.9 Å². The fourth-order valence-corrected chi connectivity index (χ4v) is 4.87. The lowest BCUT2D eigenvalue weighted by molar-refractivity contribution is 0.0761. The van der Waals surface area contributed by atoms with Crippen molar-refractivity contribution in [3.05, 3.63) is 68.9 Å². The van der Waals surface area contributed by atoms with Gasteiger partial charge in [0.15, 0.2) is 0 Å². The van der Waals surface area contributed by atoms with Crippen LogP contribution in [0.3, 0.4) is 0 Å². The van der Waals surface area contributed by atoms with Crippen LogP contribution in [-0.2, 0) is 10.0 Å². The quantitative estimate of drug-likeness (QED) is 0.478. The first-order valence-corrected chi connectivity index (χ1v) is 12.6. The summed E-state index contributed by atoms with van der Waals surface area (Å²) in [7, 11) is -2.45. The molecular formula is C23H26BrN3O4S. The maximum atomic E-state index is 13.2. The number of anilines is 1. The molecule has 7 nitrogen and oxygen atoms in total. The van der Waals surface area contributed by atoms with Crippen molar-refractivity contribution < 1.29 is 13.2 Å². The number of benzene rings is 2. The molecule has 0 atom stereocenters. The lowest BCUT2D eigenvalue weighted by Crippen LogP contribution is -2.35. The Hall–Kier alpha value is -2.65. The van der Waals surface area contributed by atoms with E-state index >= 15 is 0 Å². The van der Waals surface area contributed by atoms with Crippen LogP contribution in [0, 0.1) is 0 Å². The number of nitrogens with one attached hydrogen (secondary N) is 1. The molecule has 0 aliphatic heterocycles. The normalized spacial score (nSPS) is 11.5. The Morgan fingerprint density at radius 2 is 1.78 bits per heavy atom. The number of fused-ring (bicyclic) bond motifs is 1. The number of pyridine rings is 1. The highest BCUT2D eigenvalue weighted by molar-refractivity contribution is 9.10. The number of aromatic nitrogens is 1. The molecule has 3 aromatic rings. The van der Waals surface area contributed by atoms with Crippen LogP contribution in [-0.4, -0.2) is 44.3 Å². The number of unbranched alkanes of at least 4 members (excludes halogenated alkanes) is 1. The maximum Gasteiger partial charge on any atom is 0.264 e. The van der Waals surface area contributed by atoms with Crippen LogP contribution >= 0.6 is 15.9 Å². The third-order valence-electron chi connectivity index (χ3n) is 5.38. The highest BCUT2D eigenvalue weighted by Crippen LogP contribution is 2.25. The molecule has 0 saturated carbocycles. The molecule has 1 amide bonds. The zero-order chi connectivity index (χ0) is 23.5. The second kappa shape index (κ2) is 9.87. The standard InChI is InChI=1S/C23H26BrN3O4S/c1-4-6-13-27(5-2)23(29)20-15-25-21-12-11-18(14-19(21)22(20)28)32(30,31)26(3)17-9-7-16(24)8-10-17/h7-12,14-15H,4-6,13H2,1-3H3,(H,25,28). The smallest absolute Gasteiger partial charge is 0.264 e. The van der Waals surface area contributed by atoms with E-state index in [-0.39, 0.29) is 21.8 Å². The van der Waals surface area contributed by atoms with Crippen molar-refractivity contribution in [2.45, 2.75) is 31.6 Å². The van der Waals surface area contributed by atoms with Crippen LogP contribution < -0.4 is 9.73 Å². The third kappa shape index (κ3) is 4.73. The van der Waals surface area contributed by atoms with Gasteiger partial charge in [-0.05, 0) is 55.8 Å². The van der Waals surface area contributed by atoms with Crippen molar-refractivity contribution in [2.75, 3.05) is 24.4 Å². The summed E-state index contributed by atoms with van der Waals surface area (Å²) in [6.45, 7) is 4.96. The van der Waals surface area contributed by atoms with Gasteiger partial charge in [-0.3, -0.25) is 13.9 Å². The van der Waals surface area contributed by atoms with Gasteiger partial charge in [0.1, 0.15) is 5.56 Å². The molecule has 0 bridgehead atoms. The predicted molar refractivity (Wildman–Crippen MR) is 131 cm³/mol. The summed E-state index contributed by atoms with van der Waals surface area (Å²) < 4.78 is 28.4. The topological polar surface area (TPSA) is 90.6 Å². The molecule has 0 unspecified atom stereocenters. The molecule has 1 N–H and O–H groups in total. The molecule has 9 heteroatoms. The highest BCUT2D eigenvalue weighted by Gasteiger charge is 2.24. The summed E-state index contributed by atoms with van der Waals surface area (Å²) in [4.78, 5) is 30.6. The molecule has 0 aliphatic carbocycles. The summed E-state index contributed by atoms with van der Waals surface area (Å²) in [5.41, 5.74) is 0.474. The van der Waals surface area contributed by atoms with Gasteiger partial charge in [0.25, 0.3) is 15.9 Å².